The van der Waals surface area contributed by atoms with Crippen LogP contribution in [0.1, 0.15) is 22.5 Å². The first-order chi connectivity index (χ1) is 14.0. The summed E-state index contributed by atoms with van der Waals surface area (Å²) in [6, 6.07) is 18.9. The second kappa shape index (κ2) is 8.05. The zero-order valence-corrected chi connectivity index (χ0v) is 17.4. The van der Waals surface area contributed by atoms with Crippen LogP contribution in [0, 0.1) is 13.8 Å². The van der Waals surface area contributed by atoms with Crippen LogP contribution in [0.15, 0.2) is 54.6 Å². The third-order valence-corrected chi connectivity index (χ3v) is 5.05. The van der Waals surface area contributed by atoms with Crippen LogP contribution in [0.4, 0.5) is 0 Å². The highest BCUT2D eigenvalue weighted by molar-refractivity contribution is 5.84. The molecule has 0 saturated carbocycles. The number of aromatic nitrogens is 3. The summed E-state index contributed by atoms with van der Waals surface area (Å²) in [5.41, 5.74) is 7.65. The summed E-state index contributed by atoms with van der Waals surface area (Å²) >= 11 is 0. The average Bonchev–Trinajstić information content (AvgIpc) is 3.12. The van der Waals surface area contributed by atoms with E-state index >= 15 is 0 Å². The van der Waals surface area contributed by atoms with Crippen LogP contribution in [0.5, 0.6) is 5.75 Å². The second-order valence-corrected chi connectivity index (χ2v) is 7.64. The maximum absolute atomic E-state index is 5.32. The highest BCUT2D eigenvalue weighted by Crippen LogP contribution is 2.29. The highest BCUT2D eigenvalue weighted by atomic mass is 16.5. The molecule has 2 aromatic heterocycles. The van der Waals surface area contributed by atoms with Crippen molar-refractivity contribution in [2.24, 2.45) is 0 Å². The van der Waals surface area contributed by atoms with Gasteiger partial charge in [0.05, 0.1) is 24.0 Å². The Morgan fingerprint density at radius 3 is 2.45 bits per heavy atom. The largest absolute Gasteiger partial charge is 0.497 e. The Morgan fingerprint density at radius 1 is 0.966 bits per heavy atom. The van der Waals surface area contributed by atoms with Gasteiger partial charge in [-0.2, -0.15) is 5.10 Å². The Bertz CT molecular complexity index is 1130. The van der Waals surface area contributed by atoms with Crippen molar-refractivity contribution < 1.29 is 4.74 Å². The van der Waals surface area contributed by atoms with Crippen molar-refractivity contribution in [3.05, 3.63) is 77.1 Å². The summed E-state index contributed by atoms with van der Waals surface area (Å²) < 4.78 is 5.32. The van der Waals surface area contributed by atoms with Crippen molar-refractivity contribution in [3.63, 3.8) is 0 Å². The monoisotopic (exact) mass is 386 g/mol. The smallest absolute Gasteiger partial charge is 0.118 e. The Hall–Kier alpha value is -3.18. The van der Waals surface area contributed by atoms with Crippen LogP contribution < -0.4 is 4.74 Å². The number of methoxy groups -OCH3 is 1. The Kier molecular flexibility index (Phi) is 5.32. The third kappa shape index (κ3) is 4.30. The normalized spacial score (nSPS) is 11.3. The van der Waals surface area contributed by atoms with Gasteiger partial charge in [-0.1, -0.05) is 12.1 Å². The number of aromatic amines is 1. The molecule has 1 N–H and O–H groups in total. The number of pyridine rings is 1. The molecule has 0 unspecified atom stereocenters. The molecule has 0 radical (unpaired) electrons. The minimum Gasteiger partial charge on any atom is -0.497 e. The predicted octanol–water partition coefficient (Wildman–Crippen LogP) is 4.88. The van der Waals surface area contributed by atoms with Crippen molar-refractivity contribution in [1.82, 2.24) is 20.1 Å². The van der Waals surface area contributed by atoms with E-state index in [1.165, 1.54) is 11.1 Å². The Balaban J connectivity index is 1.72. The molecule has 0 aliphatic carbocycles. The van der Waals surface area contributed by atoms with Gasteiger partial charge in [-0.05, 0) is 74.5 Å². The van der Waals surface area contributed by atoms with Crippen LogP contribution in [0.3, 0.4) is 0 Å². The van der Waals surface area contributed by atoms with Gasteiger partial charge >= 0.3 is 0 Å². The fourth-order valence-corrected chi connectivity index (χ4v) is 3.62. The molecule has 0 saturated heterocycles. The maximum Gasteiger partial charge on any atom is 0.118 e. The molecule has 4 rings (SSSR count). The zero-order valence-electron chi connectivity index (χ0n) is 17.4. The van der Waals surface area contributed by atoms with E-state index < -0.39 is 0 Å². The van der Waals surface area contributed by atoms with Crippen LogP contribution in [0.25, 0.3) is 22.2 Å². The van der Waals surface area contributed by atoms with Crippen molar-refractivity contribution >= 4 is 10.9 Å². The van der Waals surface area contributed by atoms with Crippen molar-refractivity contribution in [1.29, 1.82) is 0 Å². The predicted molar refractivity (Wildman–Crippen MR) is 117 cm³/mol. The van der Waals surface area contributed by atoms with Crippen molar-refractivity contribution in [3.8, 4) is 17.0 Å². The van der Waals surface area contributed by atoms with Gasteiger partial charge in [0.1, 0.15) is 5.75 Å². The number of nitrogens with one attached hydrogen (secondary N) is 1. The number of fused-ring (bicyclic) bond motifs is 1. The summed E-state index contributed by atoms with van der Waals surface area (Å²) in [5.74, 6) is 0.845. The van der Waals surface area contributed by atoms with Gasteiger partial charge in [0, 0.05) is 29.7 Å². The summed E-state index contributed by atoms with van der Waals surface area (Å²) in [5, 5.41) is 8.53. The number of hydrogen-bond donors (Lipinski definition) is 1. The van der Waals surface area contributed by atoms with E-state index in [0.29, 0.717) is 0 Å². The number of nitrogens with zero attached hydrogens (tertiary/aromatic N) is 3. The molecule has 5 nitrogen and oxygen atoms in total. The van der Waals surface area contributed by atoms with Gasteiger partial charge < -0.3 is 4.74 Å². The molecule has 5 heteroatoms. The molecule has 4 aromatic rings. The van der Waals surface area contributed by atoms with E-state index in [1.807, 2.05) is 19.1 Å². The number of aryl methyl sites for hydroxylation is 2. The summed E-state index contributed by atoms with van der Waals surface area (Å²) in [4.78, 5) is 7.30. The van der Waals surface area contributed by atoms with Gasteiger partial charge in [0.15, 0.2) is 0 Å². The molecule has 0 amide bonds. The van der Waals surface area contributed by atoms with E-state index in [-0.39, 0.29) is 0 Å². The molecule has 2 heterocycles. The molecule has 0 bridgehead atoms. The lowest BCUT2D eigenvalue weighted by molar-refractivity contribution is 0.315. The summed E-state index contributed by atoms with van der Waals surface area (Å²) in [6.07, 6.45) is 0. The summed E-state index contributed by atoms with van der Waals surface area (Å²) in [7, 11) is 3.80. The summed E-state index contributed by atoms with van der Waals surface area (Å²) in [6.45, 7) is 5.68. The standard InChI is InChI=1S/C24H26N4O/c1-16-5-6-19-13-20(14-28(3)15-21-12-17(2)26-27-21)24(25-23(19)11-16)18-7-9-22(29-4)10-8-18/h5-13H,14-15H2,1-4H3,(H,26,27). The van der Waals surface area contributed by atoms with Crippen LogP contribution in [-0.2, 0) is 13.1 Å². The number of rotatable bonds is 6. The molecule has 2 aromatic carbocycles. The molecule has 29 heavy (non-hydrogen) atoms. The fraction of sp³-hybridized carbons (Fsp3) is 0.250. The lowest BCUT2D eigenvalue weighted by Crippen LogP contribution is -2.18. The minimum absolute atomic E-state index is 0.776. The highest BCUT2D eigenvalue weighted by Gasteiger charge is 2.13. The van der Waals surface area contributed by atoms with E-state index in [4.69, 9.17) is 9.72 Å². The van der Waals surface area contributed by atoms with Crippen molar-refractivity contribution in [2.45, 2.75) is 26.9 Å². The van der Waals surface area contributed by atoms with Crippen LogP contribution in [-0.4, -0.2) is 34.2 Å². The third-order valence-electron chi connectivity index (χ3n) is 5.05. The number of benzene rings is 2. The fourth-order valence-electron chi connectivity index (χ4n) is 3.62. The van der Waals surface area contributed by atoms with Gasteiger partial charge in [0.25, 0.3) is 0 Å². The van der Waals surface area contributed by atoms with E-state index in [2.05, 4.69) is 71.5 Å². The zero-order chi connectivity index (χ0) is 20.4. The van der Waals surface area contributed by atoms with Gasteiger partial charge in [-0.15, -0.1) is 0 Å². The van der Waals surface area contributed by atoms with Crippen molar-refractivity contribution in [2.75, 3.05) is 14.2 Å². The first-order valence-corrected chi connectivity index (χ1v) is 9.76. The van der Waals surface area contributed by atoms with Gasteiger partial charge in [-0.3, -0.25) is 10.00 Å². The van der Waals surface area contributed by atoms with E-state index in [0.717, 1.165) is 52.4 Å². The Labute approximate surface area is 171 Å². The van der Waals surface area contributed by atoms with E-state index in [9.17, 15) is 0 Å². The molecule has 0 aliphatic heterocycles. The average molecular weight is 386 g/mol. The Morgan fingerprint density at radius 2 is 1.76 bits per heavy atom. The van der Waals surface area contributed by atoms with E-state index in [1.54, 1.807) is 7.11 Å². The first-order valence-electron chi connectivity index (χ1n) is 9.76. The van der Waals surface area contributed by atoms with Crippen LogP contribution in [0.2, 0.25) is 0 Å². The molecular weight excluding hydrogens is 360 g/mol. The quantitative estimate of drug-likeness (QED) is 0.513. The lowest BCUT2D eigenvalue weighted by Gasteiger charge is -2.18. The molecule has 0 fully saturated rings. The molecule has 148 valence electrons. The number of hydrogen-bond acceptors (Lipinski definition) is 4. The van der Waals surface area contributed by atoms with Gasteiger partial charge in [-0.25, -0.2) is 4.98 Å². The number of ether oxygens (including phenoxy) is 1. The minimum atomic E-state index is 0.776. The SMILES string of the molecule is COc1ccc(-c2nc3cc(C)ccc3cc2CN(C)Cc2cc(C)[nH]n2)cc1. The maximum atomic E-state index is 5.32. The van der Waals surface area contributed by atoms with Crippen LogP contribution >= 0.6 is 0 Å². The molecule has 0 spiro atoms. The topological polar surface area (TPSA) is 54.0 Å². The molecule has 0 aliphatic rings. The molecular formula is C24H26N4O. The second-order valence-electron chi connectivity index (χ2n) is 7.64. The number of H-pyrrole nitrogens is 1. The first kappa shape index (κ1) is 19.2. The lowest BCUT2D eigenvalue weighted by atomic mass is 10.0. The van der Waals surface area contributed by atoms with Gasteiger partial charge in [0.2, 0.25) is 0 Å². The molecule has 0 atom stereocenters.